The Balaban J connectivity index is 1.94. The van der Waals surface area contributed by atoms with E-state index in [-0.39, 0.29) is 0 Å². The smallest absolute Gasteiger partial charge is 0.0447 e. The van der Waals surface area contributed by atoms with Crippen molar-refractivity contribution < 1.29 is 0 Å². The standard InChI is InChI=1S/C15H25N3S/c1-2-18-15(13-10-17-9-8-14(13)16)11-19-12-6-4-3-5-7-12/h8-10,12,15,18H,2-7,11H2,1H3,(H2,16,17). The number of nitrogens with zero attached hydrogens (tertiary/aromatic N) is 1. The number of nitrogen functional groups attached to an aromatic ring is 1. The van der Waals surface area contributed by atoms with Crippen molar-refractivity contribution in [3.05, 3.63) is 24.0 Å². The molecule has 3 nitrogen and oxygen atoms in total. The SMILES string of the molecule is CCNC(CSC1CCCCC1)c1cnccc1N. The van der Waals surface area contributed by atoms with Crippen molar-refractivity contribution in [1.82, 2.24) is 10.3 Å². The molecular formula is C15H25N3S. The largest absolute Gasteiger partial charge is 0.398 e. The number of pyridine rings is 1. The molecule has 1 fully saturated rings. The van der Waals surface area contributed by atoms with E-state index in [2.05, 4.69) is 29.0 Å². The lowest BCUT2D eigenvalue weighted by Gasteiger charge is -2.25. The molecule has 0 saturated heterocycles. The topological polar surface area (TPSA) is 50.9 Å². The van der Waals surface area contributed by atoms with Crippen molar-refractivity contribution in [2.75, 3.05) is 18.0 Å². The highest BCUT2D eigenvalue weighted by Crippen LogP contribution is 2.31. The van der Waals surface area contributed by atoms with Crippen LogP contribution in [0.1, 0.15) is 50.6 Å². The van der Waals surface area contributed by atoms with Crippen LogP contribution >= 0.6 is 11.8 Å². The highest BCUT2D eigenvalue weighted by molar-refractivity contribution is 7.99. The van der Waals surface area contributed by atoms with E-state index in [4.69, 9.17) is 5.73 Å². The second kappa shape index (κ2) is 7.75. The van der Waals surface area contributed by atoms with E-state index in [0.717, 1.165) is 28.8 Å². The lowest BCUT2D eigenvalue weighted by Crippen LogP contribution is -2.25. The Morgan fingerprint density at radius 1 is 1.42 bits per heavy atom. The van der Waals surface area contributed by atoms with Gasteiger partial charge in [-0.2, -0.15) is 11.8 Å². The Morgan fingerprint density at radius 3 is 2.89 bits per heavy atom. The van der Waals surface area contributed by atoms with Crippen LogP contribution in [-0.4, -0.2) is 22.5 Å². The molecule has 1 aliphatic carbocycles. The first-order valence-electron chi connectivity index (χ1n) is 7.35. The molecule has 4 heteroatoms. The minimum atomic E-state index is 0.325. The fraction of sp³-hybridized carbons (Fsp3) is 0.667. The van der Waals surface area contributed by atoms with Crippen LogP contribution in [0, 0.1) is 0 Å². The molecule has 0 amide bonds. The van der Waals surface area contributed by atoms with Gasteiger partial charge in [-0.05, 0) is 25.5 Å². The second-order valence-corrected chi connectivity index (χ2v) is 6.54. The molecule has 0 bridgehead atoms. The molecule has 1 heterocycles. The summed E-state index contributed by atoms with van der Waals surface area (Å²) in [5.74, 6) is 1.09. The lowest BCUT2D eigenvalue weighted by molar-refractivity contribution is 0.514. The third kappa shape index (κ3) is 4.39. The minimum absolute atomic E-state index is 0.325. The first kappa shape index (κ1) is 14.7. The maximum absolute atomic E-state index is 6.07. The summed E-state index contributed by atoms with van der Waals surface area (Å²) in [4.78, 5) is 4.21. The molecule has 106 valence electrons. The highest BCUT2D eigenvalue weighted by Gasteiger charge is 2.18. The van der Waals surface area contributed by atoms with Crippen LogP contribution < -0.4 is 11.1 Å². The lowest BCUT2D eigenvalue weighted by atomic mass is 10.0. The molecule has 0 aliphatic heterocycles. The van der Waals surface area contributed by atoms with Gasteiger partial charge in [0.05, 0.1) is 0 Å². The van der Waals surface area contributed by atoms with Gasteiger partial charge in [0.15, 0.2) is 0 Å². The zero-order valence-electron chi connectivity index (χ0n) is 11.8. The van der Waals surface area contributed by atoms with Crippen molar-refractivity contribution in [2.45, 2.75) is 50.3 Å². The molecule has 0 aromatic carbocycles. The van der Waals surface area contributed by atoms with Gasteiger partial charge >= 0.3 is 0 Å². The van der Waals surface area contributed by atoms with Crippen LogP contribution in [0.15, 0.2) is 18.5 Å². The van der Waals surface area contributed by atoms with Gasteiger partial charge in [0, 0.05) is 40.7 Å². The summed E-state index contributed by atoms with van der Waals surface area (Å²) in [6.07, 6.45) is 10.7. The molecule has 1 unspecified atom stereocenters. The predicted octanol–water partition coefficient (Wildman–Crippen LogP) is 3.38. The van der Waals surface area contributed by atoms with Crippen molar-refractivity contribution in [3.8, 4) is 0 Å². The number of nitrogens with two attached hydrogens (primary N) is 1. The van der Waals surface area contributed by atoms with Crippen LogP contribution in [0.3, 0.4) is 0 Å². The number of rotatable bonds is 6. The summed E-state index contributed by atoms with van der Waals surface area (Å²) in [6.45, 7) is 3.11. The van der Waals surface area contributed by atoms with Gasteiger partial charge in [0.25, 0.3) is 0 Å². The molecule has 3 N–H and O–H groups in total. The zero-order valence-corrected chi connectivity index (χ0v) is 12.6. The molecule has 1 saturated carbocycles. The third-order valence-corrected chi connectivity index (χ3v) is 5.23. The maximum atomic E-state index is 6.07. The van der Waals surface area contributed by atoms with Crippen LogP contribution in [0.2, 0.25) is 0 Å². The van der Waals surface area contributed by atoms with Crippen LogP contribution in [0.4, 0.5) is 5.69 Å². The third-order valence-electron chi connectivity index (χ3n) is 3.76. The van der Waals surface area contributed by atoms with Crippen molar-refractivity contribution in [3.63, 3.8) is 0 Å². The fourth-order valence-corrected chi connectivity index (χ4v) is 4.11. The average molecular weight is 279 g/mol. The summed E-state index contributed by atoms with van der Waals surface area (Å²) in [7, 11) is 0. The van der Waals surface area contributed by atoms with Crippen molar-refractivity contribution in [1.29, 1.82) is 0 Å². The molecular weight excluding hydrogens is 254 g/mol. The summed E-state index contributed by atoms with van der Waals surface area (Å²) >= 11 is 2.10. The number of thioether (sulfide) groups is 1. The highest BCUT2D eigenvalue weighted by atomic mass is 32.2. The van der Waals surface area contributed by atoms with E-state index in [9.17, 15) is 0 Å². The first-order valence-corrected chi connectivity index (χ1v) is 8.40. The van der Waals surface area contributed by atoms with E-state index < -0.39 is 0 Å². The van der Waals surface area contributed by atoms with Gasteiger partial charge in [0.2, 0.25) is 0 Å². The average Bonchev–Trinajstić information content (AvgIpc) is 2.45. The van der Waals surface area contributed by atoms with Crippen LogP contribution in [0.5, 0.6) is 0 Å². The van der Waals surface area contributed by atoms with Gasteiger partial charge in [-0.1, -0.05) is 26.2 Å². The van der Waals surface area contributed by atoms with Gasteiger partial charge in [-0.15, -0.1) is 0 Å². The van der Waals surface area contributed by atoms with Gasteiger partial charge in [-0.3, -0.25) is 4.98 Å². The first-order chi connectivity index (χ1) is 9.31. The Kier molecular flexibility index (Phi) is 5.98. The number of aromatic nitrogens is 1. The second-order valence-electron chi connectivity index (χ2n) is 5.21. The number of anilines is 1. The number of hydrogen-bond donors (Lipinski definition) is 2. The Bertz CT molecular complexity index is 377. The molecule has 19 heavy (non-hydrogen) atoms. The van der Waals surface area contributed by atoms with Crippen LogP contribution in [-0.2, 0) is 0 Å². The molecule has 1 aromatic heterocycles. The van der Waals surface area contributed by atoms with Gasteiger partial charge < -0.3 is 11.1 Å². The van der Waals surface area contributed by atoms with E-state index in [1.165, 1.54) is 32.1 Å². The number of nitrogens with one attached hydrogen (secondary N) is 1. The van der Waals surface area contributed by atoms with Crippen LogP contribution in [0.25, 0.3) is 0 Å². The minimum Gasteiger partial charge on any atom is -0.398 e. The monoisotopic (exact) mass is 279 g/mol. The van der Waals surface area contributed by atoms with E-state index in [1.54, 1.807) is 6.20 Å². The summed E-state index contributed by atoms with van der Waals surface area (Å²) in [6, 6.07) is 2.22. The normalized spacial score (nSPS) is 18.4. The van der Waals surface area contributed by atoms with Crippen molar-refractivity contribution in [2.24, 2.45) is 0 Å². The van der Waals surface area contributed by atoms with E-state index in [0.29, 0.717) is 6.04 Å². The summed E-state index contributed by atoms with van der Waals surface area (Å²) < 4.78 is 0. The number of hydrogen-bond acceptors (Lipinski definition) is 4. The predicted molar refractivity (Wildman–Crippen MR) is 84.4 cm³/mol. The maximum Gasteiger partial charge on any atom is 0.0447 e. The quantitative estimate of drug-likeness (QED) is 0.838. The molecule has 0 radical (unpaired) electrons. The molecule has 1 aliphatic rings. The molecule has 1 aromatic rings. The van der Waals surface area contributed by atoms with E-state index >= 15 is 0 Å². The van der Waals surface area contributed by atoms with Gasteiger partial charge in [0.1, 0.15) is 0 Å². The summed E-state index contributed by atoms with van der Waals surface area (Å²) in [5, 5.41) is 4.38. The Labute approximate surface area is 120 Å². The fourth-order valence-electron chi connectivity index (χ4n) is 2.68. The zero-order chi connectivity index (χ0) is 13.5. The van der Waals surface area contributed by atoms with Crippen molar-refractivity contribution >= 4 is 17.4 Å². The molecule has 1 atom stereocenters. The van der Waals surface area contributed by atoms with E-state index in [1.807, 2.05) is 12.3 Å². The Hall–Kier alpha value is -0.740. The van der Waals surface area contributed by atoms with Gasteiger partial charge in [-0.25, -0.2) is 0 Å². The Morgan fingerprint density at radius 2 is 2.21 bits per heavy atom. The molecule has 2 rings (SSSR count). The molecule has 0 spiro atoms. The summed E-state index contributed by atoms with van der Waals surface area (Å²) in [5.41, 5.74) is 8.07.